The van der Waals surface area contributed by atoms with Crippen molar-refractivity contribution in [3.05, 3.63) is 65.2 Å². The summed E-state index contributed by atoms with van der Waals surface area (Å²) in [7, 11) is 0. The number of fused-ring (bicyclic) bond motifs is 1. The highest BCUT2D eigenvalue weighted by molar-refractivity contribution is 5.87. The van der Waals surface area contributed by atoms with Crippen molar-refractivity contribution in [3.8, 4) is 0 Å². The van der Waals surface area contributed by atoms with Gasteiger partial charge in [-0.3, -0.25) is 0 Å². The van der Waals surface area contributed by atoms with Crippen molar-refractivity contribution in [2.75, 3.05) is 4.90 Å². The topological polar surface area (TPSA) is 40.5 Å². The zero-order valence-electron chi connectivity index (χ0n) is 13.2. The van der Waals surface area contributed by atoms with E-state index in [1.54, 1.807) is 12.1 Å². The van der Waals surface area contributed by atoms with Crippen LogP contribution >= 0.6 is 0 Å². The summed E-state index contributed by atoms with van der Waals surface area (Å²) in [6.07, 6.45) is 0. The number of aromatic carboxylic acids is 1. The Bertz CT molecular complexity index is 704. The molecule has 22 heavy (non-hydrogen) atoms. The average Bonchev–Trinajstić information content (AvgIpc) is 2.69. The fourth-order valence-electron chi connectivity index (χ4n) is 3.26. The van der Waals surface area contributed by atoms with E-state index in [1.807, 2.05) is 12.1 Å². The largest absolute Gasteiger partial charge is 0.478 e. The average molecular weight is 295 g/mol. The number of nitrogens with zero attached hydrogens (tertiary/aromatic N) is 1. The van der Waals surface area contributed by atoms with Crippen LogP contribution in [0.3, 0.4) is 0 Å². The van der Waals surface area contributed by atoms with Crippen LogP contribution in [0.25, 0.3) is 0 Å². The summed E-state index contributed by atoms with van der Waals surface area (Å²) in [6, 6.07) is 16.1. The van der Waals surface area contributed by atoms with Gasteiger partial charge in [-0.15, -0.1) is 0 Å². The summed E-state index contributed by atoms with van der Waals surface area (Å²) in [4.78, 5) is 13.4. The maximum atomic E-state index is 10.9. The molecule has 0 fully saturated rings. The zero-order chi connectivity index (χ0) is 15.9. The van der Waals surface area contributed by atoms with Crippen molar-refractivity contribution in [1.82, 2.24) is 0 Å². The van der Waals surface area contributed by atoms with Gasteiger partial charge in [0.1, 0.15) is 0 Å². The highest BCUT2D eigenvalue weighted by atomic mass is 16.4. The van der Waals surface area contributed by atoms with Crippen molar-refractivity contribution in [2.24, 2.45) is 0 Å². The van der Waals surface area contributed by atoms with Gasteiger partial charge in [-0.05, 0) is 36.2 Å². The smallest absolute Gasteiger partial charge is 0.335 e. The number of carboxylic acids is 1. The van der Waals surface area contributed by atoms with Gasteiger partial charge >= 0.3 is 5.97 Å². The van der Waals surface area contributed by atoms with Crippen LogP contribution in [0.5, 0.6) is 0 Å². The van der Waals surface area contributed by atoms with E-state index in [0.29, 0.717) is 11.6 Å². The summed E-state index contributed by atoms with van der Waals surface area (Å²) in [5, 5.41) is 8.99. The fraction of sp³-hybridized carbons (Fsp3) is 0.316. The SMILES string of the molecule is CC1N(Cc2ccc(C(=O)O)cc2)c2ccccc2C1(C)C. The van der Waals surface area contributed by atoms with E-state index < -0.39 is 5.97 Å². The first-order valence-corrected chi connectivity index (χ1v) is 7.59. The van der Waals surface area contributed by atoms with Crippen LogP contribution in [0, 0.1) is 0 Å². The quantitative estimate of drug-likeness (QED) is 0.928. The number of para-hydroxylation sites is 1. The second-order valence-corrected chi connectivity index (χ2v) is 6.54. The monoisotopic (exact) mass is 295 g/mol. The molecule has 0 saturated heterocycles. The van der Waals surface area contributed by atoms with Crippen LogP contribution in [-0.2, 0) is 12.0 Å². The number of rotatable bonds is 3. The molecule has 1 heterocycles. The van der Waals surface area contributed by atoms with Gasteiger partial charge in [0, 0.05) is 23.7 Å². The Morgan fingerprint density at radius 3 is 2.41 bits per heavy atom. The summed E-state index contributed by atoms with van der Waals surface area (Å²) in [6.45, 7) is 7.61. The van der Waals surface area contributed by atoms with Gasteiger partial charge in [0.25, 0.3) is 0 Å². The number of benzene rings is 2. The number of hydrogen-bond donors (Lipinski definition) is 1. The lowest BCUT2D eigenvalue weighted by molar-refractivity contribution is 0.0697. The van der Waals surface area contributed by atoms with E-state index in [4.69, 9.17) is 5.11 Å². The third-order valence-corrected chi connectivity index (χ3v) is 4.97. The lowest BCUT2D eigenvalue weighted by Gasteiger charge is -2.31. The summed E-state index contributed by atoms with van der Waals surface area (Å²) >= 11 is 0. The molecular weight excluding hydrogens is 274 g/mol. The van der Waals surface area contributed by atoms with Crippen LogP contribution in [0.15, 0.2) is 48.5 Å². The molecule has 0 aromatic heterocycles. The van der Waals surface area contributed by atoms with Crippen LogP contribution in [-0.4, -0.2) is 17.1 Å². The molecule has 0 amide bonds. The molecule has 2 aromatic carbocycles. The molecular formula is C19H21NO2. The van der Waals surface area contributed by atoms with Gasteiger partial charge in [-0.2, -0.15) is 0 Å². The Kier molecular flexibility index (Phi) is 3.44. The predicted molar refractivity (Wildman–Crippen MR) is 88.5 cm³/mol. The number of anilines is 1. The van der Waals surface area contributed by atoms with Gasteiger partial charge in [0.05, 0.1) is 5.56 Å². The highest BCUT2D eigenvalue weighted by Gasteiger charge is 2.41. The maximum absolute atomic E-state index is 10.9. The summed E-state index contributed by atoms with van der Waals surface area (Å²) in [5.41, 5.74) is 4.23. The first kappa shape index (κ1) is 14.6. The second kappa shape index (κ2) is 5.16. The molecule has 114 valence electrons. The van der Waals surface area contributed by atoms with Gasteiger partial charge in [0.15, 0.2) is 0 Å². The van der Waals surface area contributed by atoms with E-state index in [0.717, 1.165) is 12.1 Å². The normalized spacial score (nSPS) is 19.0. The van der Waals surface area contributed by atoms with Crippen molar-refractivity contribution >= 4 is 11.7 Å². The molecule has 0 aliphatic carbocycles. The van der Waals surface area contributed by atoms with E-state index in [9.17, 15) is 4.79 Å². The molecule has 0 radical (unpaired) electrons. The molecule has 0 saturated carbocycles. The Hall–Kier alpha value is -2.29. The van der Waals surface area contributed by atoms with Crippen LogP contribution in [0.4, 0.5) is 5.69 Å². The Labute approximate surface area is 131 Å². The number of carboxylic acid groups (broad SMARTS) is 1. The van der Waals surface area contributed by atoms with Gasteiger partial charge in [0.2, 0.25) is 0 Å². The first-order valence-electron chi connectivity index (χ1n) is 7.59. The molecule has 0 bridgehead atoms. The first-order chi connectivity index (χ1) is 10.4. The molecule has 1 unspecified atom stereocenters. The summed E-state index contributed by atoms with van der Waals surface area (Å²) in [5.74, 6) is -0.882. The molecule has 1 aliphatic rings. The third kappa shape index (κ3) is 2.27. The zero-order valence-corrected chi connectivity index (χ0v) is 13.2. The molecule has 1 atom stereocenters. The van der Waals surface area contributed by atoms with E-state index in [2.05, 4.69) is 49.9 Å². The predicted octanol–water partition coefficient (Wildman–Crippen LogP) is 4.07. The standard InChI is InChI=1S/C19H21NO2/c1-13-19(2,3)16-6-4-5-7-17(16)20(13)12-14-8-10-15(11-9-14)18(21)22/h4-11,13H,12H2,1-3H3,(H,21,22). The van der Waals surface area contributed by atoms with Crippen molar-refractivity contribution in [1.29, 1.82) is 0 Å². The minimum absolute atomic E-state index is 0.109. The number of carbonyl (C=O) groups is 1. The van der Waals surface area contributed by atoms with Crippen molar-refractivity contribution < 1.29 is 9.90 Å². The van der Waals surface area contributed by atoms with E-state index in [-0.39, 0.29) is 5.41 Å². The van der Waals surface area contributed by atoms with Crippen LogP contribution in [0.1, 0.15) is 42.3 Å². The van der Waals surface area contributed by atoms with Crippen molar-refractivity contribution in [2.45, 2.75) is 38.8 Å². The van der Waals surface area contributed by atoms with Crippen LogP contribution in [0.2, 0.25) is 0 Å². The molecule has 1 aliphatic heterocycles. The van der Waals surface area contributed by atoms with Crippen molar-refractivity contribution in [3.63, 3.8) is 0 Å². The minimum atomic E-state index is -0.882. The molecule has 3 heteroatoms. The molecule has 2 aromatic rings. The van der Waals surface area contributed by atoms with Gasteiger partial charge in [-0.1, -0.05) is 44.2 Å². The van der Waals surface area contributed by atoms with Gasteiger partial charge < -0.3 is 10.0 Å². The van der Waals surface area contributed by atoms with E-state index in [1.165, 1.54) is 11.3 Å². The van der Waals surface area contributed by atoms with Crippen LogP contribution < -0.4 is 4.90 Å². The maximum Gasteiger partial charge on any atom is 0.335 e. The lowest BCUT2D eigenvalue weighted by atomic mass is 9.81. The lowest BCUT2D eigenvalue weighted by Crippen LogP contribution is -2.38. The Morgan fingerprint density at radius 1 is 1.14 bits per heavy atom. The second-order valence-electron chi connectivity index (χ2n) is 6.54. The third-order valence-electron chi connectivity index (χ3n) is 4.97. The highest BCUT2D eigenvalue weighted by Crippen LogP contribution is 2.45. The molecule has 3 rings (SSSR count). The Morgan fingerprint density at radius 2 is 1.77 bits per heavy atom. The Balaban J connectivity index is 1.91. The minimum Gasteiger partial charge on any atom is -0.478 e. The molecule has 1 N–H and O–H groups in total. The summed E-state index contributed by atoms with van der Waals surface area (Å²) < 4.78 is 0. The fourth-order valence-corrected chi connectivity index (χ4v) is 3.26. The molecule has 0 spiro atoms. The number of hydrogen-bond acceptors (Lipinski definition) is 2. The van der Waals surface area contributed by atoms with Gasteiger partial charge in [-0.25, -0.2) is 4.79 Å². The van der Waals surface area contributed by atoms with E-state index >= 15 is 0 Å². The molecule has 3 nitrogen and oxygen atoms in total.